The van der Waals surface area contributed by atoms with E-state index >= 15 is 0 Å². The van der Waals surface area contributed by atoms with Crippen molar-refractivity contribution < 1.29 is 9.53 Å². The van der Waals surface area contributed by atoms with Crippen molar-refractivity contribution in [1.82, 2.24) is 0 Å². The summed E-state index contributed by atoms with van der Waals surface area (Å²) in [6.45, 7) is 0. The zero-order valence-corrected chi connectivity index (χ0v) is 13.3. The molecule has 0 bridgehead atoms. The number of hydrogen-bond acceptors (Lipinski definition) is 2. The third kappa shape index (κ3) is 2.67. The zero-order chi connectivity index (χ0) is 15.7. The molecule has 0 heterocycles. The molecule has 118 valence electrons. The first kappa shape index (κ1) is 14.5. The third-order valence-corrected chi connectivity index (χ3v) is 5.57. The molecule has 2 fully saturated rings. The topological polar surface area (TPSA) is 26.3 Å². The van der Waals surface area contributed by atoms with Crippen molar-refractivity contribution in [3.8, 4) is 11.1 Å². The fourth-order valence-corrected chi connectivity index (χ4v) is 4.36. The Morgan fingerprint density at radius 3 is 2.13 bits per heavy atom. The quantitative estimate of drug-likeness (QED) is 0.725. The van der Waals surface area contributed by atoms with E-state index in [0.717, 1.165) is 24.0 Å². The van der Waals surface area contributed by atoms with Gasteiger partial charge in [-0.05, 0) is 67.7 Å². The van der Waals surface area contributed by atoms with Gasteiger partial charge in [-0.15, -0.1) is 0 Å². The molecule has 2 aromatic carbocycles. The minimum absolute atomic E-state index is 0.154. The fourth-order valence-electron chi connectivity index (χ4n) is 4.36. The van der Waals surface area contributed by atoms with Crippen LogP contribution in [0, 0.1) is 5.92 Å². The van der Waals surface area contributed by atoms with E-state index in [2.05, 4.69) is 12.1 Å². The summed E-state index contributed by atoms with van der Waals surface area (Å²) in [7, 11) is 0. The Labute approximate surface area is 137 Å². The molecule has 0 aliphatic heterocycles. The molecule has 23 heavy (non-hydrogen) atoms. The molecule has 0 atom stereocenters. The smallest absolute Gasteiger partial charge is 0.338 e. The van der Waals surface area contributed by atoms with Gasteiger partial charge in [0.15, 0.2) is 0 Å². The van der Waals surface area contributed by atoms with Gasteiger partial charge in [0.1, 0.15) is 5.60 Å². The summed E-state index contributed by atoms with van der Waals surface area (Å²) in [5, 5.41) is 0. The molecule has 4 rings (SSSR count). The number of hydrogen-bond donors (Lipinski definition) is 0. The number of benzene rings is 2. The summed E-state index contributed by atoms with van der Waals surface area (Å²) in [5.74, 6) is 0.438. The van der Waals surface area contributed by atoms with Crippen molar-refractivity contribution in [2.24, 2.45) is 5.92 Å². The van der Waals surface area contributed by atoms with Crippen LogP contribution in [-0.2, 0) is 4.74 Å². The Kier molecular flexibility index (Phi) is 3.68. The van der Waals surface area contributed by atoms with E-state index in [0.29, 0.717) is 11.5 Å². The van der Waals surface area contributed by atoms with Gasteiger partial charge < -0.3 is 4.74 Å². The van der Waals surface area contributed by atoms with Crippen LogP contribution in [0.15, 0.2) is 54.6 Å². The monoisotopic (exact) mass is 306 g/mol. The lowest BCUT2D eigenvalue weighted by molar-refractivity contribution is -0.0277. The predicted molar refractivity (Wildman–Crippen MR) is 91.2 cm³/mol. The van der Waals surface area contributed by atoms with Crippen LogP contribution in [0.3, 0.4) is 0 Å². The van der Waals surface area contributed by atoms with Crippen LogP contribution < -0.4 is 0 Å². The lowest BCUT2D eigenvalue weighted by Crippen LogP contribution is -2.34. The Bertz CT molecular complexity index is 678. The molecule has 0 spiro atoms. The molecule has 2 nitrogen and oxygen atoms in total. The van der Waals surface area contributed by atoms with Crippen LogP contribution >= 0.6 is 0 Å². The Balaban J connectivity index is 1.51. The fraction of sp³-hybridized carbons (Fsp3) is 0.381. The number of fused-ring (bicyclic) bond motifs is 1. The van der Waals surface area contributed by atoms with E-state index in [4.69, 9.17) is 4.74 Å². The van der Waals surface area contributed by atoms with Gasteiger partial charge in [-0.25, -0.2) is 4.79 Å². The molecule has 0 aromatic heterocycles. The molecule has 2 heteroatoms. The lowest BCUT2D eigenvalue weighted by atomic mass is 9.94. The minimum atomic E-state index is -0.158. The molecule has 2 aliphatic carbocycles. The molecule has 0 unspecified atom stereocenters. The standard InChI is InChI=1S/C21H22O2/c22-20(23-21-14-4-8-19(21)9-5-15-21)18-12-10-17(11-13-18)16-6-2-1-3-7-16/h1-3,6-7,10-13,19H,4-5,8-9,14-15H2. The zero-order valence-electron chi connectivity index (χ0n) is 13.3. The van der Waals surface area contributed by atoms with Crippen molar-refractivity contribution in [3.63, 3.8) is 0 Å². The van der Waals surface area contributed by atoms with Gasteiger partial charge >= 0.3 is 5.97 Å². The summed E-state index contributed by atoms with van der Waals surface area (Å²) >= 11 is 0. The van der Waals surface area contributed by atoms with Crippen molar-refractivity contribution in [3.05, 3.63) is 60.2 Å². The highest BCUT2D eigenvalue weighted by Crippen LogP contribution is 2.50. The molecule has 0 amide bonds. The van der Waals surface area contributed by atoms with Gasteiger partial charge in [0.2, 0.25) is 0 Å². The summed E-state index contributed by atoms with van der Waals surface area (Å²) in [4.78, 5) is 12.6. The van der Waals surface area contributed by atoms with Crippen molar-refractivity contribution in [2.45, 2.75) is 44.1 Å². The summed E-state index contributed by atoms with van der Waals surface area (Å²) < 4.78 is 6.02. The van der Waals surface area contributed by atoms with Gasteiger partial charge in [-0.1, -0.05) is 42.5 Å². The second-order valence-electron chi connectivity index (χ2n) is 6.88. The number of rotatable bonds is 3. The van der Waals surface area contributed by atoms with Gasteiger partial charge in [0.05, 0.1) is 5.56 Å². The van der Waals surface area contributed by atoms with Crippen LogP contribution in [0.5, 0.6) is 0 Å². The first-order valence-corrected chi connectivity index (χ1v) is 8.66. The molecule has 2 saturated carbocycles. The van der Waals surface area contributed by atoms with Crippen LogP contribution in [0.2, 0.25) is 0 Å². The van der Waals surface area contributed by atoms with Crippen molar-refractivity contribution in [1.29, 1.82) is 0 Å². The Morgan fingerprint density at radius 1 is 0.870 bits per heavy atom. The summed E-state index contributed by atoms with van der Waals surface area (Å²) in [6.07, 6.45) is 6.94. The van der Waals surface area contributed by atoms with E-state index in [9.17, 15) is 4.79 Å². The first-order valence-electron chi connectivity index (χ1n) is 8.66. The maximum Gasteiger partial charge on any atom is 0.338 e. The van der Waals surface area contributed by atoms with Gasteiger partial charge in [0, 0.05) is 0 Å². The van der Waals surface area contributed by atoms with Crippen LogP contribution in [0.25, 0.3) is 11.1 Å². The van der Waals surface area contributed by atoms with Gasteiger partial charge in [-0.2, -0.15) is 0 Å². The number of esters is 1. The van der Waals surface area contributed by atoms with E-state index in [1.807, 2.05) is 42.5 Å². The maximum absolute atomic E-state index is 12.6. The average molecular weight is 306 g/mol. The van der Waals surface area contributed by atoms with Crippen LogP contribution in [0.4, 0.5) is 0 Å². The molecule has 0 saturated heterocycles. The maximum atomic E-state index is 12.6. The predicted octanol–water partition coefficient (Wildman–Crippen LogP) is 5.23. The summed E-state index contributed by atoms with van der Waals surface area (Å²) in [6, 6.07) is 18.0. The minimum Gasteiger partial charge on any atom is -0.455 e. The number of carbonyl (C=O) groups is 1. The third-order valence-electron chi connectivity index (χ3n) is 5.57. The second kappa shape index (κ2) is 5.84. The molecular weight excluding hydrogens is 284 g/mol. The highest BCUT2D eigenvalue weighted by Gasteiger charge is 2.49. The van der Waals surface area contributed by atoms with Crippen molar-refractivity contribution in [2.75, 3.05) is 0 Å². The van der Waals surface area contributed by atoms with E-state index in [-0.39, 0.29) is 11.6 Å². The normalized spacial score (nSPS) is 26.0. The average Bonchev–Trinajstić information content (AvgIpc) is 3.15. The largest absolute Gasteiger partial charge is 0.455 e. The second-order valence-corrected chi connectivity index (χ2v) is 6.88. The highest BCUT2D eigenvalue weighted by molar-refractivity contribution is 5.90. The Morgan fingerprint density at radius 2 is 1.48 bits per heavy atom. The van der Waals surface area contributed by atoms with E-state index < -0.39 is 0 Å². The molecule has 2 aromatic rings. The first-order chi connectivity index (χ1) is 11.3. The van der Waals surface area contributed by atoms with Crippen molar-refractivity contribution >= 4 is 5.97 Å². The summed E-state index contributed by atoms with van der Waals surface area (Å²) in [5.41, 5.74) is 2.80. The Hall–Kier alpha value is -2.09. The van der Waals surface area contributed by atoms with E-state index in [1.54, 1.807) is 0 Å². The molecular formula is C21H22O2. The van der Waals surface area contributed by atoms with Crippen LogP contribution in [-0.4, -0.2) is 11.6 Å². The van der Waals surface area contributed by atoms with Gasteiger partial charge in [-0.3, -0.25) is 0 Å². The lowest BCUT2D eigenvalue weighted by Gasteiger charge is -2.29. The van der Waals surface area contributed by atoms with Gasteiger partial charge in [0.25, 0.3) is 0 Å². The number of ether oxygens (including phenoxy) is 1. The van der Waals surface area contributed by atoms with E-state index in [1.165, 1.54) is 25.7 Å². The highest BCUT2D eigenvalue weighted by atomic mass is 16.6. The number of carbonyl (C=O) groups excluding carboxylic acids is 1. The molecule has 2 aliphatic rings. The molecule has 0 radical (unpaired) electrons. The SMILES string of the molecule is O=C(OC12CCCC1CCC2)c1ccc(-c2ccccc2)cc1. The molecule has 0 N–H and O–H groups in total. The van der Waals surface area contributed by atoms with Crippen LogP contribution in [0.1, 0.15) is 48.9 Å².